The average Bonchev–Trinajstić information content (AvgIpc) is 2.85. The Morgan fingerprint density at radius 1 is 1.38 bits per heavy atom. The van der Waals surface area contributed by atoms with E-state index in [1.54, 1.807) is 12.4 Å². The van der Waals surface area contributed by atoms with Crippen molar-refractivity contribution < 1.29 is 14.3 Å². The molecule has 5 nitrogen and oxygen atoms in total. The van der Waals surface area contributed by atoms with Crippen LogP contribution < -0.4 is 5.32 Å². The fraction of sp³-hybridized carbons (Fsp3) is 0.214. The third-order valence-electron chi connectivity index (χ3n) is 2.73. The van der Waals surface area contributed by atoms with Gasteiger partial charge < -0.3 is 10.1 Å². The first-order valence-corrected chi connectivity index (χ1v) is 8.06. The van der Waals surface area contributed by atoms with Crippen LogP contribution in [0.25, 0.3) is 0 Å². The molecule has 0 spiro atoms. The number of hydrogen-bond donors (Lipinski definition) is 1. The lowest BCUT2D eigenvalue weighted by Crippen LogP contribution is -2.21. The van der Waals surface area contributed by atoms with Gasteiger partial charge in [-0.25, -0.2) is 9.78 Å². The number of ether oxygens (including phenoxy) is 1. The number of esters is 1. The highest BCUT2D eigenvalue weighted by atomic mass is 127. The molecule has 2 aromatic rings. The number of nitrogens with one attached hydrogen (secondary N) is 1. The number of benzene rings is 1. The van der Waals surface area contributed by atoms with Gasteiger partial charge in [0.15, 0.2) is 6.61 Å². The zero-order valence-electron chi connectivity index (χ0n) is 11.5. The fourth-order valence-electron chi connectivity index (χ4n) is 1.65. The number of rotatable bonds is 4. The Hall–Kier alpha value is -1.48. The van der Waals surface area contributed by atoms with E-state index in [9.17, 15) is 9.59 Å². The highest BCUT2D eigenvalue weighted by Crippen LogP contribution is 2.18. The van der Waals surface area contributed by atoms with E-state index in [1.807, 2.05) is 25.1 Å². The van der Waals surface area contributed by atoms with Crippen LogP contribution in [0.2, 0.25) is 0 Å². The van der Waals surface area contributed by atoms with Crippen molar-refractivity contribution in [3.8, 4) is 0 Å². The van der Waals surface area contributed by atoms with Gasteiger partial charge in [0.1, 0.15) is 4.88 Å². The molecular weight excluding hydrogens is 403 g/mol. The maximum Gasteiger partial charge on any atom is 0.350 e. The van der Waals surface area contributed by atoms with Gasteiger partial charge in [0.05, 0.1) is 11.2 Å². The third kappa shape index (κ3) is 4.24. The Labute approximate surface area is 139 Å². The SMILES string of the molecule is Cc1cc(I)ccc1NC(=O)COC(=O)c1scnc1C. The summed E-state index contributed by atoms with van der Waals surface area (Å²) < 4.78 is 6.08. The van der Waals surface area contributed by atoms with Crippen molar-refractivity contribution in [2.45, 2.75) is 13.8 Å². The van der Waals surface area contributed by atoms with E-state index >= 15 is 0 Å². The van der Waals surface area contributed by atoms with Crippen LogP contribution in [0.1, 0.15) is 20.9 Å². The number of nitrogens with zero attached hydrogens (tertiary/aromatic N) is 1. The predicted octanol–water partition coefficient (Wildman–Crippen LogP) is 3.16. The molecule has 0 unspecified atom stereocenters. The predicted molar refractivity (Wildman–Crippen MR) is 89.7 cm³/mol. The highest BCUT2D eigenvalue weighted by Gasteiger charge is 2.15. The van der Waals surface area contributed by atoms with Gasteiger partial charge in [-0.1, -0.05) is 0 Å². The molecule has 0 radical (unpaired) electrons. The van der Waals surface area contributed by atoms with Gasteiger partial charge >= 0.3 is 5.97 Å². The zero-order valence-corrected chi connectivity index (χ0v) is 14.4. The summed E-state index contributed by atoms with van der Waals surface area (Å²) >= 11 is 3.40. The number of hydrogen-bond acceptors (Lipinski definition) is 5. The van der Waals surface area contributed by atoms with Crippen LogP contribution in [0, 0.1) is 17.4 Å². The van der Waals surface area contributed by atoms with Crippen LogP contribution >= 0.6 is 33.9 Å². The Bertz CT molecular complexity index is 685. The van der Waals surface area contributed by atoms with Crippen molar-refractivity contribution >= 4 is 51.5 Å². The minimum Gasteiger partial charge on any atom is -0.451 e. The van der Waals surface area contributed by atoms with Gasteiger partial charge in [0.25, 0.3) is 5.91 Å². The third-order valence-corrected chi connectivity index (χ3v) is 4.31. The number of anilines is 1. The van der Waals surface area contributed by atoms with Gasteiger partial charge in [-0.3, -0.25) is 4.79 Å². The zero-order chi connectivity index (χ0) is 15.4. The molecule has 110 valence electrons. The summed E-state index contributed by atoms with van der Waals surface area (Å²) in [6, 6.07) is 5.68. The van der Waals surface area contributed by atoms with Crippen LogP contribution in [0.15, 0.2) is 23.7 Å². The standard InChI is InChI=1S/C14H13IN2O3S/c1-8-5-10(15)3-4-11(8)17-12(18)6-20-14(19)13-9(2)16-7-21-13/h3-5,7H,6H2,1-2H3,(H,17,18). The van der Waals surface area contributed by atoms with Crippen LogP contribution in [0.4, 0.5) is 5.69 Å². The second-order valence-electron chi connectivity index (χ2n) is 4.35. The van der Waals surface area contributed by atoms with Crippen molar-refractivity contribution in [1.82, 2.24) is 4.98 Å². The topological polar surface area (TPSA) is 68.3 Å². The molecule has 2 rings (SSSR count). The van der Waals surface area contributed by atoms with E-state index in [0.717, 1.165) is 9.13 Å². The second kappa shape index (κ2) is 6.99. The van der Waals surface area contributed by atoms with Crippen LogP contribution in [-0.2, 0) is 9.53 Å². The maximum absolute atomic E-state index is 11.8. The summed E-state index contributed by atoms with van der Waals surface area (Å²) in [5.41, 5.74) is 3.85. The molecule has 0 atom stereocenters. The molecule has 0 fully saturated rings. The van der Waals surface area contributed by atoms with Crippen LogP contribution in [0.3, 0.4) is 0 Å². The van der Waals surface area contributed by atoms with Gasteiger partial charge in [-0.15, -0.1) is 11.3 Å². The largest absolute Gasteiger partial charge is 0.451 e. The van der Waals surface area contributed by atoms with E-state index in [2.05, 4.69) is 32.9 Å². The molecule has 0 bridgehead atoms. The van der Waals surface area contributed by atoms with Crippen molar-refractivity contribution in [3.05, 3.63) is 43.4 Å². The molecule has 7 heteroatoms. The number of halogens is 1. The van der Waals surface area contributed by atoms with E-state index in [-0.39, 0.29) is 12.5 Å². The molecule has 1 N–H and O–H groups in total. The summed E-state index contributed by atoms with van der Waals surface area (Å²) in [6.45, 7) is 3.31. The molecular formula is C14H13IN2O3S. The Balaban J connectivity index is 1.90. The summed E-state index contributed by atoms with van der Waals surface area (Å²) in [5.74, 6) is -0.890. The first-order valence-electron chi connectivity index (χ1n) is 6.10. The molecule has 0 aliphatic carbocycles. The molecule has 1 amide bonds. The normalized spacial score (nSPS) is 10.2. The fourth-order valence-corrected chi connectivity index (χ4v) is 2.99. The smallest absolute Gasteiger partial charge is 0.350 e. The Morgan fingerprint density at radius 2 is 2.14 bits per heavy atom. The summed E-state index contributed by atoms with van der Waals surface area (Å²) in [5, 5.41) is 2.72. The van der Waals surface area contributed by atoms with Gasteiger partial charge in [-0.05, 0) is 60.2 Å². The lowest BCUT2D eigenvalue weighted by molar-refractivity contribution is -0.119. The monoisotopic (exact) mass is 416 g/mol. The lowest BCUT2D eigenvalue weighted by Gasteiger charge is -2.09. The molecule has 0 aliphatic rings. The second-order valence-corrected chi connectivity index (χ2v) is 6.45. The minimum atomic E-state index is -0.524. The molecule has 0 saturated heterocycles. The maximum atomic E-state index is 11.8. The molecule has 21 heavy (non-hydrogen) atoms. The van der Waals surface area contributed by atoms with Crippen molar-refractivity contribution in [2.24, 2.45) is 0 Å². The summed E-state index contributed by atoms with van der Waals surface area (Å²) in [6.07, 6.45) is 0. The van der Waals surface area contributed by atoms with Gasteiger partial charge in [-0.2, -0.15) is 0 Å². The number of aromatic nitrogens is 1. The van der Waals surface area contributed by atoms with Crippen LogP contribution in [0.5, 0.6) is 0 Å². The highest BCUT2D eigenvalue weighted by molar-refractivity contribution is 14.1. The molecule has 0 aliphatic heterocycles. The summed E-state index contributed by atoms with van der Waals surface area (Å²) in [4.78, 5) is 28.0. The molecule has 1 heterocycles. The van der Waals surface area contributed by atoms with Crippen molar-refractivity contribution in [1.29, 1.82) is 0 Å². The number of carbonyl (C=O) groups excluding carboxylic acids is 2. The Kier molecular flexibility index (Phi) is 5.29. The van der Waals surface area contributed by atoms with E-state index < -0.39 is 5.97 Å². The van der Waals surface area contributed by atoms with Gasteiger partial charge in [0.2, 0.25) is 0 Å². The first-order chi connectivity index (χ1) is 9.97. The Morgan fingerprint density at radius 3 is 2.76 bits per heavy atom. The van der Waals surface area contributed by atoms with Crippen molar-refractivity contribution in [3.63, 3.8) is 0 Å². The lowest BCUT2D eigenvalue weighted by atomic mass is 10.2. The van der Waals surface area contributed by atoms with E-state index in [1.165, 1.54) is 11.3 Å². The van der Waals surface area contributed by atoms with Crippen LogP contribution in [-0.4, -0.2) is 23.5 Å². The number of aryl methyl sites for hydroxylation is 2. The van der Waals surface area contributed by atoms with E-state index in [4.69, 9.17) is 4.74 Å². The van der Waals surface area contributed by atoms with E-state index in [0.29, 0.717) is 16.3 Å². The number of carbonyl (C=O) groups is 2. The molecule has 1 aromatic carbocycles. The molecule has 0 saturated carbocycles. The first kappa shape index (κ1) is 15.9. The van der Waals surface area contributed by atoms with Crippen molar-refractivity contribution in [2.75, 3.05) is 11.9 Å². The number of thiazole rings is 1. The minimum absolute atomic E-state index is 0.318. The average molecular weight is 416 g/mol. The molecule has 1 aromatic heterocycles. The summed E-state index contributed by atoms with van der Waals surface area (Å²) in [7, 11) is 0. The quantitative estimate of drug-likeness (QED) is 0.614. The van der Waals surface area contributed by atoms with Gasteiger partial charge in [0, 0.05) is 9.26 Å². The number of amides is 1.